The second-order valence-electron chi connectivity index (χ2n) is 6.57. The van der Waals surface area contributed by atoms with Crippen molar-refractivity contribution in [1.82, 2.24) is 24.5 Å². The van der Waals surface area contributed by atoms with E-state index in [1.807, 2.05) is 0 Å². The minimum absolute atomic E-state index is 0.00515. The van der Waals surface area contributed by atoms with Crippen molar-refractivity contribution in [2.75, 3.05) is 13.1 Å². The van der Waals surface area contributed by atoms with Crippen molar-refractivity contribution in [3.63, 3.8) is 0 Å². The average Bonchev–Trinajstić information content (AvgIpc) is 3.04. The Balaban J connectivity index is 1.87. The van der Waals surface area contributed by atoms with Gasteiger partial charge in [-0.3, -0.25) is 4.79 Å². The van der Waals surface area contributed by atoms with Crippen LogP contribution in [0.4, 0.5) is 13.2 Å². The Morgan fingerprint density at radius 2 is 2.04 bits per heavy atom. The number of rotatable bonds is 6. The molecule has 2 aromatic heterocycles. The number of halogens is 4. The van der Waals surface area contributed by atoms with E-state index in [9.17, 15) is 18.0 Å². The van der Waals surface area contributed by atoms with E-state index in [2.05, 4.69) is 31.0 Å². The first kappa shape index (κ1) is 20.2. The van der Waals surface area contributed by atoms with Crippen molar-refractivity contribution in [1.29, 1.82) is 0 Å². The lowest BCUT2D eigenvalue weighted by Crippen LogP contribution is -2.41. The highest BCUT2D eigenvalue weighted by Gasteiger charge is 2.29. The SMILES string of the molecule is Cc1cc(CCN(CC(C)(F)F)C(=O)c2cc(F)cc(Br)c2)n2ncnc2n1. The molecule has 0 saturated heterocycles. The van der Waals surface area contributed by atoms with Gasteiger partial charge in [-0.2, -0.15) is 10.1 Å². The van der Waals surface area contributed by atoms with E-state index in [-0.39, 0.29) is 18.5 Å². The molecule has 3 aromatic rings. The van der Waals surface area contributed by atoms with Crippen molar-refractivity contribution in [3.05, 3.63) is 57.8 Å². The fraction of sp³-hybridized carbons (Fsp3) is 0.333. The van der Waals surface area contributed by atoms with Gasteiger partial charge in [0.2, 0.25) is 0 Å². The molecule has 0 fully saturated rings. The van der Waals surface area contributed by atoms with Crippen molar-refractivity contribution in [2.24, 2.45) is 0 Å². The van der Waals surface area contributed by atoms with Crippen LogP contribution in [-0.4, -0.2) is 49.4 Å². The van der Waals surface area contributed by atoms with Gasteiger partial charge in [0.15, 0.2) is 0 Å². The predicted molar refractivity (Wildman–Crippen MR) is 99.8 cm³/mol. The molecule has 0 saturated carbocycles. The molecule has 6 nitrogen and oxygen atoms in total. The number of carbonyl (C=O) groups is 1. The highest BCUT2D eigenvalue weighted by atomic mass is 79.9. The van der Waals surface area contributed by atoms with E-state index in [4.69, 9.17) is 0 Å². The monoisotopic (exact) mass is 455 g/mol. The van der Waals surface area contributed by atoms with Crippen molar-refractivity contribution in [2.45, 2.75) is 26.2 Å². The largest absolute Gasteiger partial charge is 0.332 e. The van der Waals surface area contributed by atoms with Crippen LogP contribution in [0.3, 0.4) is 0 Å². The maximum Gasteiger partial charge on any atom is 0.262 e. The number of nitrogens with zero attached hydrogens (tertiary/aromatic N) is 5. The Morgan fingerprint density at radius 3 is 2.71 bits per heavy atom. The molecule has 0 spiro atoms. The van der Waals surface area contributed by atoms with E-state index >= 15 is 0 Å². The van der Waals surface area contributed by atoms with Crippen molar-refractivity contribution < 1.29 is 18.0 Å². The van der Waals surface area contributed by atoms with Gasteiger partial charge < -0.3 is 4.90 Å². The Morgan fingerprint density at radius 1 is 1.29 bits per heavy atom. The summed E-state index contributed by atoms with van der Waals surface area (Å²) in [5.41, 5.74) is 1.37. The van der Waals surface area contributed by atoms with Gasteiger partial charge in [-0.05, 0) is 31.2 Å². The standard InChI is InChI=1S/C18H17BrF3N5O/c1-11-5-15(27-17(25-11)23-10-24-27)3-4-26(9-18(2,21)22)16(28)12-6-13(19)8-14(20)7-12/h5-8,10H,3-4,9H2,1-2H3. The third kappa shape index (κ3) is 4.86. The van der Waals surface area contributed by atoms with Gasteiger partial charge in [0.25, 0.3) is 17.6 Å². The lowest BCUT2D eigenvalue weighted by atomic mass is 10.1. The number of hydrogen-bond acceptors (Lipinski definition) is 4. The Bertz CT molecular complexity index is 998. The number of amides is 1. The first-order valence-electron chi connectivity index (χ1n) is 8.42. The van der Waals surface area contributed by atoms with E-state index in [1.54, 1.807) is 13.0 Å². The first-order chi connectivity index (χ1) is 13.1. The molecule has 0 unspecified atom stereocenters. The highest BCUT2D eigenvalue weighted by Crippen LogP contribution is 2.20. The topological polar surface area (TPSA) is 63.4 Å². The normalized spacial score (nSPS) is 11.8. The van der Waals surface area contributed by atoms with Crippen LogP contribution in [0.2, 0.25) is 0 Å². The number of hydrogen-bond donors (Lipinski definition) is 0. The van der Waals surface area contributed by atoms with Crippen LogP contribution in [0.1, 0.15) is 28.7 Å². The summed E-state index contributed by atoms with van der Waals surface area (Å²) >= 11 is 3.11. The van der Waals surface area contributed by atoms with E-state index in [0.29, 0.717) is 21.6 Å². The highest BCUT2D eigenvalue weighted by molar-refractivity contribution is 9.10. The van der Waals surface area contributed by atoms with Crippen LogP contribution < -0.4 is 0 Å². The van der Waals surface area contributed by atoms with Crippen molar-refractivity contribution >= 4 is 27.6 Å². The summed E-state index contributed by atoms with van der Waals surface area (Å²) in [5, 5.41) is 4.07. The molecule has 2 heterocycles. The number of benzene rings is 1. The molecule has 28 heavy (non-hydrogen) atoms. The quantitative estimate of drug-likeness (QED) is 0.568. The van der Waals surface area contributed by atoms with Gasteiger partial charge in [0, 0.05) is 41.3 Å². The van der Waals surface area contributed by atoms with Crippen LogP contribution in [0, 0.1) is 12.7 Å². The maximum absolute atomic E-state index is 13.7. The molecule has 0 N–H and O–H groups in total. The van der Waals surface area contributed by atoms with Gasteiger partial charge >= 0.3 is 0 Å². The molecule has 0 aliphatic carbocycles. The molecule has 148 valence electrons. The molecular weight excluding hydrogens is 439 g/mol. The summed E-state index contributed by atoms with van der Waals surface area (Å²) in [6, 6.07) is 5.38. The lowest BCUT2D eigenvalue weighted by Gasteiger charge is -2.26. The first-order valence-corrected chi connectivity index (χ1v) is 9.21. The number of carbonyl (C=O) groups excluding carboxylic acids is 1. The summed E-state index contributed by atoms with van der Waals surface area (Å²) in [5.74, 6) is -4.02. The minimum Gasteiger partial charge on any atom is -0.332 e. The van der Waals surface area contributed by atoms with E-state index < -0.39 is 24.2 Å². The number of alkyl halides is 2. The van der Waals surface area contributed by atoms with Gasteiger partial charge in [-0.15, -0.1) is 0 Å². The lowest BCUT2D eigenvalue weighted by molar-refractivity contribution is -0.0108. The maximum atomic E-state index is 13.7. The average molecular weight is 456 g/mol. The molecule has 0 radical (unpaired) electrons. The zero-order valence-electron chi connectivity index (χ0n) is 15.2. The zero-order valence-corrected chi connectivity index (χ0v) is 16.8. The third-order valence-electron chi connectivity index (χ3n) is 3.96. The fourth-order valence-electron chi connectivity index (χ4n) is 2.88. The van der Waals surface area contributed by atoms with Gasteiger partial charge in [-0.1, -0.05) is 15.9 Å². The molecule has 10 heteroatoms. The third-order valence-corrected chi connectivity index (χ3v) is 4.41. The van der Waals surface area contributed by atoms with Crippen LogP contribution in [0.25, 0.3) is 5.78 Å². The number of aromatic nitrogens is 4. The van der Waals surface area contributed by atoms with Gasteiger partial charge in [0.1, 0.15) is 12.1 Å². The summed E-state index contributed by atoms with van der Waals surface area (Å²) in [4.78, 5) is 22.0. The van der Waals surface area contributed by atoms with Gasteiger partial charge in [0.05, 0.1) is 6.54 Å². The molecule has 0 aliphatic heterocycles. The van der Waals surface area contributed by atoms with E-state index in [1.165, 1.54) is 23.0 Å². The number of aryl methyl sites for hydroxylation is 1. The predicted octanol–water partition coefficient (Wildman–Crippen LogP) is 3.67. The summed E-state index contributed by atoms with van der Waals surface area (Å²) < 4.78 is 42.9. The second-order valence-corrected chi connectivity index (χ2v) is 7.48. The fourth-order valence-corrected chi connectivity index (χ4v) is 3.35. The molecule has 0 bridgehead atoms. The minimum atomic E-state index is -3.10. The molecule has 1 aromatic carbocycles. The van der Waals surface area contributed by atoms with Crippen LogP contribution in [-0.2, 0) is 6.42 Å². The summed E-state index contributed by atoms with van der Waals surface area (Å²) in [7, 11) is 0. The summed E-state index contributed by atoms with van der Waals surface area (Å²) in [6.45, 7) is 1.73. The van der Waals surface area contributed by atoms with Crippen molar-refractivity contribution in [3.8, 4) is 0 Å². The van der Waals surface area contributed by atoms with Crippen LogP contribution >= 0.6 is 15.9 Å². The molecular formula is C18H17BrF3N5O. The zero-order chi connectivity index (χ0) is 20.5. The molecule has 1 amide bonds. The Kier molecular flexibility index (Phi) is 5.69. The number of fused-ring (bicyclic) bond motifs is 1. The van der Waals surface area contributed by atoms with Crippen LogP contribution in [0.15, 0.2) is 35.1 Å². The smallest absolute Gasteiger partial charge is 0.262 e. The summed E-state index contributed by atoms with van der Waals surface area (Å²) in [6.07, 6.45) is 1.60. The van der Waals surface area contributed by atoms with E-state index in [0.717, 1.165) is 17.9 Å². The second kappa shape index (κ2) is 7.86. The van der Waals surface area contributed by atoms with Gasteiger partial charge in [-0.25, -0.2) is 22.7 Å². The molecule has 3 rings (SSSR count). The Labute approximate surface area is 167 Å². The molecule has 0 aliphatic rings. The van der Waals surface area contributed by atoms with Crippen LogP contribution in [0.5, 0.6) is 0 Å². The molecule has 0 atom stereocenters. The Hall–Kier alpha value is -2.49.